The van der Waals surface area contributed by atoms with Gasteiger partial charge in [0.25, 0.3) is 0 Å². The molecule has 4 saturated carbocycles. The van der Waals surface area contributed by atoms with Crippen molar-refractivity contribution in [2.45, 2.75) is 65.0 Å². The van der Waals surface area contributed by atoms with Crippen LogP contribution in [0, 0.1) is 29.1 Å². The summed E-state index contributed by atoms with van der Waals surface area (Å²) in [4.78, 5) is 30.3. The third-order valence-electron chi connectivity index (χ3n) is 6.93. The van der Waals surface area contributed by atoms with E-state index in [1.54, 1.807) is 6.20 Å². The smallest absolute Gasteiger partial charge is 0.243 e. The van der Waals surface area contributed by atoms with Crippen LogP contribution in [0.4, 0.5) is 0 Å². The summed E-state index contributed by atoms with van der Waals surface area (Å²) < 4.78 is 0. The second kappa shape index (κ2) is 7.25. The van der Waals surface area contributed by atoms with Crippen molar-refractivity contribution in [2.75, 3.05) is 0 Å². The van der Waals surface area contributed by atoms with Crippen LogP contribution >= 0.6 is 0 Å². The minimum Gasteiger partial charge on any atom is -0.349 e. The topological polar surface area (TPSA) is 71.1 Å². The van der Waals surface area contributed by atoms with Gasteiger partial charge in [0.05, 0.1) is 12.2 Å². The van der Waals surface area contributed by atoms with Gasteiger partial charge in [-0.1, -0.05) is 19.9 Å². The standard InChI is InChI=1S/C22H31N3O2/c1-14(2)19(20(26)24-13-18-5-3-4-6-23-18)25-21(27)22-10-15-7-16(11-22)9-17(8-15)12-22/h3-6,14-17,19H,7-13H2,1-2H3,(H,24,26)(H,25,27)/t15?,16?,17?,19-,22?/m1/s1. The first-order valence-electron chi connectivity index (χ1n) is 10.4. The Labute approximate surface area is 161 Å². The molecular weight excluding hydrogens is 338 g/mol. The van der Waals surface area contributed by atoms with Crippen molar-refractivity contribution < 1.29 is 9.59 Å². The molecule has 5 nitrogen and oxygen atoms in total. The Bertz CT molecular complexity index is 665. The molecule has 0 aromatic carbocycles. The monoisotopic (exact) mass is 369 g/mol. The fourth-order valence-corrected chi connectivity index (χ4v) is 6.01. The molecular formula is C22H31N3O2. The summed E-state index contributed by atoms with van der Waals surface area (Å²) >= 11 is 0. The van der Waals surface area contributed by atoms with E-state index in [1.807, 2.05) is 32.0 Å². The van der Waals surface area contributed by atoms with Crippen molar-refractivity contribution >= 4 is 11.8 Å². The quantitative estimate of drug-likeness (QED) is 0.810. The SMILES string of the molecule is CC(C)[C@@H](NC(=O)C12CC3CC(CC(C3)C1)C2)C(=O)NCc1ccccn1. The van der Waals surface area contributed by atoms with Gasteiger partial charge in [0, 0.05) is 11.6 Å². The van der Waals surface area contributed by atoms with Crippen LogP contribution in [0.1, 0.15) is 58.1 Å². The summed E-state index contributed by atoms with van der Waals surface area (Å²) in [5.74, 6) is 2.21. The highest BCUT2D eigenvalue weighted by Gasteiger charge is 2.55. The Morgan fingerprint density at radius 3 is 2.26 bits per heavy atom. The molecule has 5 rings (SSSR count). The molecule has 1 heterocycles. The van der Waals surface area contributed by atoms with E-state index < -0.39 is 6.04 Å². The van der Waals surface area contributed by atoms with Crippen molar-refractivity contribution in [3.05, 3.63) is 30.1 Å². The van der Waals surface area contributed by atoms with Crippen LogP contribution in [0.25, 0.3) is 0 Å². The van der Waals surface area contributed by atoms with Crippen LogP contribution in [0.3, 0.4) is 0 Å². The Morgan fingerprint density at radius 1 is 1.11 bits per heavy atom. The molecule has 1 aromatic rings. The summed E-state index contributed by atoms with van der Waals surface area (Å²) in [5, 5.41) is 6.08. The maximum absolute atomic E-state index is 13.3. The summed E-state index contributed by atoms with van der Waals surface area (Å²) in [5.41, 5.74) is 0.601. The average molecular weight is 370 g/mol. The van der Waals surface area contributed by atoms with Gasteiger partial charge in [-0.15, -0.1) is 0 Å². The first-order valence-corrected chi connectivity index (χ1v) is 10.4. The third kappa shape index (κ3) is 3.74. The second-order valence-corrected chi connectivity index (χ2v) is 9.43. The van der Waals surface area contributed by atoms with Crippen LogP contribution in [-0.2, 0) is 16.1 Å². The van der Waals surface area contributed by atoms with Crippen LogP contribution in [0.15, 0.2) is 24.4 Å². The van der Waals surface area contributed by atoms with Crippen molar-refractivity contribution in [1.29, 1.82) is 0 Å². The number of amides is 2. The molecule has 2 amide bonds. The predicted molar refractivity (Wildman–Crippen MR) is 103 cm³/mol. The van der Waals surface area contributed by atoms with Crippen LogP contribution in [0.5, 0.6) is 0 Å². The molecule has 0 spiro atoms. The number of hydrogen-bond donors (Lipinski definition) is 2. The minimum atomic E-state index is -0.491. The fourth-order valence-electron chi connectivity index (χ4n) is 6.01. The number of carbonyl (C=O) groups excluding carboxylic acids is 2. The lowest BCUT2D eigenvalue weighted by Gasteiger charge is -2.55. The van der Waals surface area contributed by atoms with E-state index in [2.05, 4.69) is 15.6 Å². The third-order valence-corrected chi connectivity index (χ3v) is 6.93. The van der Waals surface area contributed by atoms with Crippen molar-refractivity contribution in [3.63, 3.8) is 0 Å². The summed E-state index contributed by atoms with van der Waals surface area (Å²) in [6, 6.07) is 5.16. The molecule has 1 aromatic heterocycles. The maximum Gasteiger partial charge on any atom is 0.243 e. The Morgan fingerprint density at radius 2 is 1.74 bits per heavy atom. The molecule has 4 aliphatic carbocycles. The van der Waals surface area contributed by atoms with Gasteiger partial charge >= 0.3 is 0 Å². The zero-order chi connectivity index (χ0) is 19.0. The second-order valence-electron chi connectivity index (χ2n) is 9.43. The zero-order valence-electron chi connectivity index (χ0n) is 16.4. The largest absolute Gasteiger partial charge is 0.349 e. The minimum absolute atomic E-state index is 0.0478. The van der Waals surface area contributed by atoms with E-state index >= 15 is 0 Å². The lowest BCUT2D eigenvalue weighted by atomic mass is 9.49. The molecule has 0 saturated heterocycles. The highest BCUT2D eigenvalue weighted by molar-refractivity contribution is 5.90. The highest BCUT2D eigenvalue weighted by Crippen LogP contribution is 2.60. The van der Waals surface area contributed by atoms with Gasteiger partial charge in [0.1, 0.15) is 6.04 Å². The van der Waals surface area contributed by atoms with Crippen LogP contribution in [-0.4, -0.2) is 22.8 Å². The highest BCUT2D eigenvalue weighted by atomic mass is 16.2. The van der Waals surface area contributed by atoms with E-state index in [0.717, 1.165) is 42.7 Å². The Balaban J connectivity index is 1.40. The van der Waals surface area contributed by atoms with E-state index in [0.29, 0.717) is 6.54 Å². The summed E-state index contributed by atoms with van der Waals surface area (Å²) in [7, 11) is 0. The Hall–Kier alpha value is -1.91. The van der Waals surface area contributed by atoms with Crippen molar-refractivity contribution in [1.82, 2.24) is 15.6 Å². The van der Waals surface area contributed by atoms with Gasteiger partial charge < -0.3 is 10.6 Å². The number of nitrogens with one attached hydrogen (secondary N) is 2. The maximum atomic E-state index is 13.3. The first-order chi connectivity index (χ1) is 12.9. The van der Waals surface area contributed by atoms with Gasteiger partial charge in [-0.25, -0.2) is 0 Å². The molecule has 4 aliphatic rings. The average Bonchev–Trinajstić information content (AvgIpc) is 2.63. The number of nitrogens with zero attached hydrogens (tertiary/aromatic N) is 1. The van der Waals surface area contributed by atoms with E-state index in [4.69, 9.17) is 0 Å². The van der Waals surface area contributed by atoms with E-state index in [1.165, 1.54) is 19.3 Å². The molecule has 4 fully saturated rings. The van der Waals surface area contributed by atoms with Gasteiger partial charge in [0.15, 0.2) is 0 Å². The number of hydrogen-bond acceptors (Lipinski definition) is 3. The van der Waals surface area contributed by atoms with E-state index in [9.17, 15) is 9.59 Å². The predicted octanol–water partition coefficient (Wildman–Crippen LogP) is 3.06. The van der Waals surface area contributed by atoms with Crippen molar-refractivity contribution in [2.24, 2.45) is 29.1 Å². The molecule has 0 radical (unpaired) electrons. The molecule has 0 unspecified atom stereocenters. The molecule has 146 valence electrons. The van der Waals surface area contributed by atoms with E-state index in [-0.39, 0.29) is 23.1 Å². The fraction of sp³-hybridized carbons (Fsp3) is 0.682. The normalized spacial score (nSPS) is 32.3. The Kier molecular flexibility index (Phi) is 4.95. The van der Waals surface area contributed by atoms with Crippen LogP contribution in [0.2, 0.25) is 0 Å². The zero-order valence-corrected chi connectivity index (χ0v) is 16.4. The van der Waals surface area contributed by atoms with Gasteiger partial charge in [-0.3, -0.25) is 14.6 Å². The lowest BCUT2D eigenvalue weighted by molar-refractivity contribution is -0.149. The van der Waals surface area contributed by atoms with Gasteiger partial charge in [0.2, 0.25) is 11.8 Å². The van der Waals surface area contributed by atoms with Crippen molar-refractivity contribution in [3.8, 4) is 0 Å². The number of rotatable bonds is 6. The lowest BCUT2D eigenvalue weighted by Crippen LogP contribution is -2.58. The molecule has 2 N–H and O–H groups in total. The van der Waals surface area contributed by atoms with Crippen LogP contribution < -0.4 is 10.6 Å². The molecule has 1 atom stereocenters. The molecule has 4 bridgehead atoms. The number of aromatic nitrogens is 1. The first kappa shape index (κ1) is 18.5. The molecule has 5 heteroatoms. The van der Waals surface area contributed by atoms with Gasteiger partial charge in [-0.05, 0) is 74.3 Å². The number of pyridine rings is 1. The van der Waals surface area contributed by atoms with Gasteiger partial charge in [-0.2, -0.15) is 0 Å². The molecule has 27 heavy (non-hydrogen) atoms. The summed E-state index contributed by atoms with van der Waals surface area (Å²) in [6.45, 7) is 4.37. The number of carbonyl (C=O) groups is 2. The summed E-state index contributed by atoms with van der Waals surface area (Å²) in [6.07, 6.45) is 8.71. The molecule has 0 aliphatic heterocycles.